The molecule has 4 heteroatoms. The fraction of sp³-hybridized carbons (Fsp3) is 0.462. The molecular weight excluding hydrogens is 214 g/mol. The van der Waals surface area contributed by atoms with Crippen molar-refractivity contribution < 1.29 is 4.74 Å². The van der Waals surface area contributed by atoms with Gasteiger partial charge < -0.3 is 15.0 Å². The highest BCUT2D eigenvalue weighted by Gasteiger charge is 2.28. The number of hydrogen-bond donors (Lipinski definition) is 1. The third kappa shape index (κ3) is 1.52. The quantitative estimate of drug-likeness (QED) is 0.819. The molecule has 0 spiro atoms. The first-order chi connectivity index (χ1) is 8.18. The number of aryl methyl sites for hydroxylation is 1. The molecule has 1 aliphatic rings. The Morgan fingerprint density at radius 3 is 3.00 bits per heavy atom. The smallest absolute Gasteiger partial charge is 0.201 e. The summed E-state index contributed by atoms with van der Waals surface area (Å²) >= 11 is 0. The van der Waals surface area contributed by atoms with Crippen molar-refractivity contribution in [3.63, 3.8) is 0 Å². The van der Waals surface area contributed by atoms with Crippen LogP contribution in [0.15, 0.2) is 18.2 Å². The van der Waals surface area contributed by atoms with E-state index < -0.39 is 0 Å². The Bertz CT molecular complexity index is 561. The number of hydrogen-bond acceptors (Lipinski definition) is 3. The predicted molar refractivity (Wildman–Crippen MR) is 68.0 cm³/mol. The molecule has 1 aliphatic heterocycles. The minimum Gasteiger partial charge on any atom is -0.376 e. The summed E-state index contributed by atoms with van der Waals surface area (Å²) in [6, 6.07) is 6.50. The van der Waals surface area contributed by atoms with Gasteiger partial charge in [0.2, 0.25) is 5.95 Å². The maximum absolute atomic E-state index is 6.06. The molecule has 2 atom stereocenters. The van der Waals surface area contributed by atoms with Crippen molar-refractivity contribution >= 4 is 17.0 Å². The lowest BCUT2D eigenvalue weighted by Crippen LogP contribution is -2.18. The average Bonchev–Trinajstić information content (AvgIpc) is 2.83. The molecule has 1 fully saturated rings. The molecule has 4 nitrogen and oxygen atoms in total. The van der Waals surface area contributed by atoms with Crippen molar-refractivity contribution in [3.8, 4) is 0 Å². The highest BCUT2D eigenvalue weighted by molar-refractivity contribution is 5.81. The topological polar surface area (TPSA) is 53.1 Å². The van der Waals surface area contributed by atoms with Gasteiger partial charge in [-0.25, -0.2) is 4.98 Å². The number of nitrogens with zero attached hydrogens (tertiary/aromatic N) is 2. The van der Waals surface area contributed by atoms with Gasteiger partial charge in [0.25, 0.3) is 0 Å². The van der Waals surface area contributed by atoms with Crippen LogP contribution in [0.3, 0.4) is 0 Å². The van der Waals surface area contributed by atoms with Crippen LogP contribution in [0.2, 0.25) is 0 Å². The molecule has 90 valence electrons. The molecule has 0 saturated carbocycles. The highest BCUT2D eigenvalue weighted by Crippen LogP contribution is 2.32. The number of nitrogens with two attached hydrogens (primary N) is 1. The number of rotatable bonds is 1. The van der Waals surface area contributed by atoms with Crippen molar-refractivity contribution in [2.45, 2.75) is 32.4 Å². The van der Waals surface area contributed by atoms with E-state index in [1.54, 1.807) is 0 Å². The summed E-state index contributed by atoms with van der Waals surface area (Å²) in [6.07, 6.45) is 1.21. The summed E-state index contributed by atoms with van der Waals surface area (Å²) in [6.45, 7) is 4.96. The van der Waals surface area contributed by atoms with Crippen LogP contribution in [0.25, 0.3) is 11.0 Å². The number of imidazole rings is 1. The average molecular weight is 231 g/mol. The van der Waals surface area contributed by atoms with E-state index in [0.717, 1.165) is 24.1 Å². The van der Waals surface area contributed by atoms with E-state index in [9.17, 15) is 0 Å². The van der Waals surface area contributed by atoms with Crippen LogP contribution in [-0.4, -0.2) is 22.3 Å². The first-order valence-corrected chi connectivity index (χ1v) is 6.03. The lowest BCUT2D eigenvalue weighted by molar-refractivity contribution is 0.109. The summed E-state index contributed by atoms with van der Waals surface area (Å²) in [7, 11) is 0. The Balaban J connectivity index is 2.22. The van der Waals surface area contributed by atoms with Gasteiger partial charge in [-0.15, -0.1) is 0 Å². The molecule has 2 unspecified atom stereocenters. The van der Waals surface area contributed by atoms with Crippen LogP contribution < -0.4 is 5.73 Å². The van der Waals surface area contributed by atoms with Gasteiger partial charge in [0.15, 0.2) is 0 Å². The van der Waals surface area contributed by atoms with Gasteiger partial charge in [-0.2, -0.15) is 0 Å². The van der Waals surface area contributed by atoms with Crippen molar-refractivity contribution in [2.24, 2.45) is 0 Å². The lowest BCUT2D eigenvalue weighted by atomic mass is 10.1. The summed E-state index contributed by atoms with van der Waals surface area (Å²) in [5.74, 6) is 0.594. The Labute approximate surface area is 100 Å². The van der Waals surface area contributed by atoms with E-state index in [-0.39, 0.29) is 6.10 Å². The molecular formula is C13H17N3O. The van der Waals surface area contributed by atoms with E-state index >= 15 is 0 Å². The highest BCUT2D eigenvalue weighted by atomic mass is 16.5. The number of fused-ring (bicyclic) bond motifs is 1. The minimum absolute atomic E-state index is 0.204. The van der Waals surface area contributed by atoms with Crippen molar-refractivity contribution in [1.82, 2.24) is 9.55 Å². The maximum Gasteiger partial charge on any atom is 0.201 e. The van der Waals surface area contributed by atoms with Gasteiger partial charge in [0, 0.05) is 6.61 Å². The van der Waals surface area contributed by atoms with Crippen molar-refractivity contribution in [3.05, 3.63) is 23.8 Å². The second-order valence-corrected chi connectivity index (χ2v) is 4.71. The Morgan fingerprint density at radius 2 is 2.29 bits per heavy atom. The molecule has 1 aromatic heterocycles. The van der Waals surface area contributed by atoms with Crippen LogP contribution in [0, 0.1) is 6.92 Å². The molecule has 1 aromatic carbocycles. The van der Waals surface area contributed by atoms with E-state index in [1.165, 1.54) is 5.56 Å². The predicted octanol–water partition coefficient (Wildman–Crippen LogP) is 2.28. The SMILES string of the molecule is Cc1cccc2c1nc(N)n2C1CCOC1C. The first kappa shape index (κ1) is 10.6. The first-order valence-electron chi connectivity index (χ1n) is 6.03. The number of aromatic nitrogens is 2. The molecule has 1 saturated heterocycles. The van der Waals surface area contributed by atoms with Gasteiger partial charge >= 0.3 is 0 Å². The summed E-state index contributed by atoms with van der Waals surface area (Å²) in [5.41, 5.74) is 9.35. The molecule has 2 aromatic rings. The fourth-order valence-corrected chi connectivity index (χ4v) is 2.68. The zero-order valence-corrected chi connectivity index (χ0v) is 10.2. The largest absolute Gasteiger partial charge is 0.376 e. The van der Waals surface area contributed by atoms with Gasteiger partial charge in [-0.1, -0.05) is 12.1 Å². The standard InChI is InChI=1S/C13H17N3O/c1-8-4-3-5-11-12(8)15-13(14)16(11)10-6-7-17-9(10)2/h3-5,9-10H,6-7H2,1-2H3,(H2,14,15). The van der Waals surface area contributed by atoms with Gasteiger partial charge in [0.05, 0.1) is 23.2 Å². The molecule has 2 N–H and O–H groups in total. The number of nitrogen functional groups attached to an aromatic ring is 1. The van der Waals surface area contributed by atoms with E-state index in [2.05, 4.69) is 41.6 Å². The number of para-hydroxylation sites is 1. The minimum atomic E-state index is 0.204. The van der Waals surface area contributed by atoms with E-state index in [4.69, 9.17) is 10.5 Å². The van der Waals surface area contributed by atoms with Crippen LogP contribution in [0.4, 0.5) is 5.95 Å². The van der Waals surface area contributed by atoms with E-state index in [1.807, 2.05) is 0 Å². The van der Waals surface area contributed by atoms with Gasteiger partial charge in [0.1, 0.15) is 0 Å². The van der Waals surface area contributed by atoms with Crippen molar-refractivity contribution in [2.75, 3.05) is 12.3 Å². The Kier molecular flexibility index (Phi) is 2.33. The third-order valence-electron chi connectivity index (χ3n) is 3.62. The zero-order chi connectivity index (χ0) is 12.0. The summed E-state index contributed by atoms with van der Waals surface area (Å²) < 4.78 is 7.74. The molecule has 2 heterocycles. The second-order valence-electron chi connectivity index (χ2n) is 4.71. The number of ether oxygens (including phenoxy) is 1. The van der Waals surface area contributed by atoms with Crippen LogP contribution in [0.1, 0.15) is 24.9 Å². The van der Waals surface area contributed by atoms with Crippen molar-refractivity contribution in [1.29, 1.82) is 0 Å². The summed E-state index contributed by atoms with van der Waals surface area (Å²) in [4.78, 5) is 4.48. The molecule has 3 rings (SSSR count). The Hall–Kier alpha value is -1.55. The zero-order valence-electron chi connectivity index (χ0n) is 10.2. The van der Waals surface area contributed by atoms with Gasteiger partial charge in [-0.05, 0) is 31.9 Å². The molecule has 17 heavy (non-hydrogen) atoms. The van der Waals surface area contributed by atoms with Crippen LogP contribution in [0.5, 0.6) is 0 Å². The van der Waals surface area contributed by atoms with Crippen LogP contribution in [-0.2, 0) is 4.74 Å². The normalized spacial score (nSPS) is 24.6. The summed E-state index contributed by atoms with van der Waals surface area (Å²) in [5, 5.41) is 0. The molecule has 0 amide bonds. The lowest BCUT2D eigenvalue weighted by Gasteiger charge is -2.18. The second kappa shape index (κ2) is 3.74. The van der Waals surface area contributed by atoms with Crippen LogP contribution >= 0.6 is 0 Å². The third-order valence-corrected chi connectivity index (χ3v) is 3.62. The monoisotopic (exact) mass is 231 g/mol. The van der Waals surface area contributed by atoms with E-state index in [0.29, 0.717) is 12.0 Å². The number of anilines is 1. The molecule has 0 aliphatic carbocycles. The maximum atomic E-state index is 6.06. The Morgan fingerprint density at radius 1 is 1.47 bits per heavy atom. The molecule has 0 radical (unpaired) electrons. The number of benzene rings is 1. The van der Waals surface area contributed by atoms with Gasteiger partial charge in [-0.3, -0.25) is 0 Å². The fourth-order valence-electron chi connectivity index (χ4n) is 2.68. The molecule has 0 bridgehead atoms.